The third-order valence-electron chi connectivity index (χ3n) is 0.583. The molecule has 0 aliphatic rings. The van der Waals surface area contributed by atoms with Gasteiger partial charge < -0.3 is 5.11 Å². The number of aliphatic hydroxyl groups excluding tert-OH is 1. The van der Waals surface area contributed by atoms with E-state index in [1.807, 2.05) is 0 Å². The van der Waals surface area contributed by atoms with Gasteiger partial charge in [0.2, 0.25) is 0 Å². The van der Waals surface area contributed by atoms with Crippen molar-refractivity contribution < 1.29 is 9.22 Å². The molecule has 0 aromatic carbocycles. The normalized spacial score (nSPS) is 18.7. The largest absolute Gasteiger partial charge is 0.392 e. The van der Waals surface area contributed by atoms with E-state index in [1.165, 1.54) is 0 Å². The first kappa shape index (κ1) is 2.88. The highest BCUT2D eigenvalue weighted by Crippen LogP contribution is 1.85. The lowest BCUT2D eigenvalue weighted by Crippen LogP contribution is -1.69. The zero-order valence-electron chi connectivity index (χ0n) is 7.22. The number of rotatable bonds is 3. The molecule has 0 saturated carbocycles. The summed E-state index contributed by atoms with van der Waals surface area (Å²) in [4.78, 5) is 0. The van der Waals surface area contributed by atoms with Crippen LogP contribution in [0.1, 0.15) is 23.8 Å². The summed E-state index contributed by atoms with van der Waals surface area (Å²) in [7, 11) is 0. The van der Waals surface area contributed by atoms with E-state index in [4.69, 9.17) is 9.22 Å². The third kappa shape index (κ3) is 5.70. The maximum absolute atomic E-state index is 8.27. The first-order valence-electron chi connectivity index (χ1n) is 3.82. The first-order valence-corrected chi connectivity index (χ1v) is 2.32. The molecule has 0 amide bonds. The molecule has 0 spiro atoms. The third-order valence-corrected chi connectivity index (χ3v) is 0.583. The molecule has 0 radical (unpaired) electrons. The molecule has 0 rings (SSSR count). The van der Waals surface area contributed by atoms with Crippen LogP contribution >= 0.6 is 0 Å². The van der Waals surface area contributed by atoms with E-state index in [9.17, 15) is 0 Å². The molecule has 0 aromatic heterocycles. The zero-order chi connectivity index (χ0) is 8.04. The second-order valence-electron chi connectivity index (χ2n) is 1.19. The molecule has 0 saturated heterocycles. The van der Waals surface area contributed by atoms with E-state index in [0.717, 1.165) is 0 Å². The maximum atomic E-state index is 8.27. The Labute approximate surface area is 48.9 Å². The van der Waals surface area contributed by atoms with Crippen molar-refractivity contribution in [1.82, 2.24) is 0 Å². The molecule has 1 N–H and O–H groups in total. The van der Waals surface area contributed by atoms with Crippen LogP contribution in [0.4, 0.5) is 0 Å². The highest BCUT2D eigenvalue weighted by molar-refractivity contribution is 4.79. The first-order chi connectivity index (χ1) is 4.56. The van der Waals surface area contributed by atoms with Crippen molar-refractivity contribution in [1.29, 1.82) is 0 Å². The van der Waals surface area contributed by atoms with Gasteiger partial charge in [0.1, 0.15) is 0 Å². The van der Waals surface area contributed by atoms with E-state index in [0.29, 0.717) is 6.42 Å². The Balaban J connectivity index is 3.28. The Kier molecular flexibility index (Phi) is 2.34. The van der Waals surface area contributed by atoms with Crippen molar-refractivity contribution in [3.05, 3.63) is 12.2 Å². The van der Waals surface area contributed by atoms with E-state index in [1.54, 1.807) is 12.2 Å². The molecule has 0 fully saturated rings. The smallest absolute Gasteiger partial charge is 0.0612 e. The minimum atomic E-state index is -1.83. The number of hydrogen-bond acceptors (Lipinski definition) is 1. The monoisotopic (exact) mass is 103 g/mol. The molecular weight excluding hydrogens is 88.1 g/mol. The lowest BCUT2D eigenvalue weighted by molar-refractivity contribution is 0.342. The Morgan fingerprint density at radius 1 is 1.71 bits per heavy atom. The maximum Gasteiger partial charge on any atom is 0.0612 e. The van der Waals surface area contributed by atoms with Gasteiger partial charge in [0.05, 0.1) is 6.61 Å². The van der Waals surface area contributed by atoms with Gasteiger partial charge in [0.25, 0.3) is 0 Å². The summed E-state index contributed by atoms with van der Waals surface area (Å²) in [6, 6.07) is 0. The van der Waals surface area contributed by atoms with Gasteiger partial charge in [-0.3, -0.25) is 0 Å². The molecule has 0 bridgehead atoms. The molecule has 7 heavy (non-hydrogen) atoms. The van der Waals surface area contributed by atoms with Crippen molar-refractivity contribution in [2.75, 3.05) is 6.61 Å². The van der Waals surface area contributed by atoms with Crippen molar-refractivity contribution in [2.24, 2.45) is 0 Å². The Morgan fingerprint density at radius 3 is 3.14 bits per heavy atom. The van der Waals surface area contributed by atoms with Gasteiger partial charge in [-0.25, -0.2) is 0 Å². The second kappa shape index (κ2) is 5.70. The van der Waals surface area contributed by atoms with Crippen LogP contribution in [0.15, 0.2) is 12.2 Å². The minimum Gasteiger partial charge on any atom is -0.392 e. The van der Waals surface area contributed by atoms with Crippen molar-refractivity contribution in [2.45, 2.75) is 19.7 Å². The van der Waals surface area contributed by atoms with Crippen LogP contribution in [-0.2, 0) is 0 Å². The Hall–Kier alpha value is -0.300. The number of allylic oxidation sites excluding steroid dienone is 1. The van der Waals surface area contributed by atoms with Crippen LogP contribution in [0.5, 0.6) is 0 Å². The fourth-order valence-corrected chi connectivity index (χ4v) is 0.276. The lowest BCUT2D eigenvalue weighted by Gasteiger charge is -1.79. The van der Waals surface area contributed by atoms with Gasteiger partial charge in [0.15, 0.2) is 0 Å². The van der Waals surface area contributed by atoms with Gasteiger partial charge in [-0.05, 0) is 6.42 Å². The second-order valence-corrected chi connectivity index (χ2v) is 1.19. The summed E-state index contributed by atoms with van der Waals surface area (Å²) in [5.74, 6) is 0. The van der Waals surface area contributed by atoms with Gasteiger partial charge in [-0.1, -0.05) is 25.4 Å². The van der Waals surface area contributed by atoms with Crippen LogP contribution in [-0.4, -0.2) is 11.7 Å². The molecule has 0 heterocycles. The quantitative estimate of drug-likeness (QED) is 0.534. The van der Waals surface area contributed by atoms with Crippen LogP contribution in [0.25, 0.3) is 0 Å². The summed E-state index contributed by atoms with van der Waals surface area (Å²) in [5, 5.41) is 8.27. The summed E-state index contributed by atoms with van der Waals surface area (Å²) in [5.41, 5.74) is 0. The predicted molar refractivity (Wildman–Crippen MR) is 31.1 cm³/mol. The topological polar surface area (TPSA) is 20.2 Å². The highest BCUT2D eigenvalue weighted by atomic mass is 16.2. The van der Waals surface area contributed by atoms with E-state index < -0.39 is 6.85 Å². The van der Waals surface area contributed by atoms with Gasteiger partial charge in [-0.2, -0.15) is 0 Å². The average molecular weight is 103 g/mol. The van der Waals surface area contributed by atoms with Crippen LogP contribution in [0.3, 0.4) is 0 Å². The SMILES string of the molecule is [2H]C([2H])([2H])CC/C=C/CO. The van der Waals surface area contributed by atoms with Crippen LogP contribution in [0.2, 0.25) is 0 Å². The Morgan fingerprint density at radius 2 is 2.57 bits per heavy atom. The van der Waals surface area contributed by atoms with E-state index in [-0.39, 0.29) is 13.0 Å². The molecule has 1 nitrogen and oxygen atoms in total. The van der Waals surface area contributed by atoms with E-state index in [2.05, 4.69) is 0 Å². The minimum absolute atomic E-state index is 0.0129. The predicted octanol–water partition coefficient (Wildman–Crippen LogP) is 1.33. The summed E-state index contributed by atoms with van der Waals surface area (Å²) < 4.78 is 20.4. The van der Waals surface area contributed by atoms with E-state index >= 15 is 0 Å². The standard InChI is InChI=1S/C6H12O/c1-2-3-4-5-6-7/h4-5,7H,2-3,6H2,1H3/b5-4+/i1D3. The molecule has 0 aliphatic carbocycles. The molecular formula is C6H12O. The van der Waals surface area contributed by atoms with Crippen LogP contribution < -0.4 is 0 Å². The molecule has 0 aromatic rings. The highest BCUT2D eigenvalue weighted by Gasteiger charge is 1.68. The fraction of sp³-hybridized carbons (Fsp3) is 0.667. The summed E-state index contributed by atoms with van der Waals surface area (Å²) >= 11 is 0. The fourth-order valence-electron chi connectivity index (χ4n) is 0.276. The summed E-state index contributed by atoms with van der Waals surface area (Å²) in [6.07, 6.45) is 3.92. The lowest BCUT2D eigenvalue weighted by atomic mass is 10.3. The Bertz CT molecular complexity index is 106. The average Bonchev–Trinajstić information content (AvgIpc) is 1.78. The van der Waals surface area contributed by atoms with Gasteiger partial charge >= 0.3 is 0 Å². The molecule has 0 unspecified atom stereocenters. The van der Waals surface area contributed by atoms with Gasteiger partial charge in [0, 0.05) is 4.11 Å². The van der Waals surface area contributed by atoms with Crippen molar-refractivity contribution >= 4 is 0 Å². The van der Waals surface area contributed by atoms with Gasteiger partial charge in [-0.15, -0.1) is 0 Å². The summed E-state index contributed by atoms with van der Waals surface area (Å²) in [6.45, 7) is -1.85. The zero-order valence-corrected chi connectivity index (χ0v) is 4.22. The molecule has 0 atom stereocenters. The van der Waals surface area contributed by atoms with Crippen molar-refractivity contribution in [3.8, 4) is 0 Å². The molecule has 42 valence electrons. The number of aliphatic hydroxyl groups is 1. The molecule has 0 aliphatic heterocycles. The number of hydrogen-bond donors (Lipinski definition) is 1. The van der Waals surface area contributed by atoms with Crippen molar-refractivity contribution in [3.63, 3.8) is 0 Å². The molecule has 1 heteroatoms. The van der Waals surface area contributed by atoms with Crippen LogP contribution in [0, 0.1) is 0 Å².